The normalized spacial score (nSPS) is 12.5. The van der Waals surface area contributed by atoms with Crippen LogP contribution in [0.5, 0.6) is 5.75 Å². The molecule has 1 unspecified atom stereocenters. The molecule has 0 aliphatic carbocycles. The van der Waals surface area contributed by atoms with E-state index in [2.05, 4.69) is 4.89 Å². The monoisotopic (exact) mass is 403 g/mol. The predicted molar refractivity (Wildman–Crippen MR) is 104 cm³/mol. The summed E-state index contributed by atoms with van der Waals surface area (Å²) >= 11 is 5.85. The zero-order valence-electron chi connectivity index (χ0n) is 14.2. The molecule has 1 atom stereocenters. The molecule has 3 rings (SSSR count). The number of aliphatic hydroxyl groups is 1. The number of rotatable bonds is 7. The summed E-state index contributed by atoms with van der Waals surface area (Å²) < 4.78 is 24.2. The summed E-state index contributed by atoms with van der Waals surface area (Å²) in [6.45, 7) is 0. The Bertz CT molecular complexity index is 975. The van der Waals surface area contributed by atoms with Crippen molar-refractivity contribution >= 4 is 21.6 Å². The van der Waals surface area contributed by atoms with Gasteiger partial charge in [0.2, 0.25) is 0 Å². The van der Waals surface area contributed by atoms with Gasteiger partial charge >= 0.3 is 0 Å². The van der Waals surface area contributed by atoms with Crippen molar-refractivity contribution in [3.63, 3.8) is 0 Å². The van der Waals surface area contributed by atoms with E-state index in [-0.39, 0.29) is 4.90 Å². The highest BCUT2D eigenvalue weighted by Crippen LogP contribution is 2.22. The lowest BCUT2D eigenvalue weighted by molar-refractivity contribution is 0.178. The molecule has 7 heteroatoms. The summed E-state index contributed by atoms with van der Waals surface area (Å²) in [5, 5.41) is 10.9. The van der Waals surface area contributed by atoms with Gasteiger partial charge in [0.15, 0.2) is 0 Å². The van der Waals surface area contributed by atoms with Crippen LogP contribution in [0.1, 0.15) is 17.2 Å². The highest BCUT2D eigenvalue weighted by Gasteiger charge is 2.14. The maximum absolute atomic E-state index is 12.1. The first-order chi connectivity index (χ1) is 12.9. The lowest BCUT2D eigenvalue weighted by Gasteiger charge is -2.12. The van der Waals surface area contributed by atoms with Gasteiger partial charge in [0, 0.05) is 11.4 Å². The van der Waals surface area contributed by atoms with Crippen molar-refractivity contribution in [2.45, 2.75) is 17.4 Å². The maximum Gasteiger partial charge on any atom is 0.271 e. The van der Waals surface area contributed by atoms with Crippen LogP contribution in [-0.2, 0) is 16.4 Å². The number of aliphatic hydroxyl groups excluding tert-OH is 1. The van der Waals surface area contributed by atoms with Crippen molar-refractivity contribution in [2.24, 2.45) is 0 Å². The topological polar surface area (TPSA) is 75.6 Å². The molecule has 3 aromatic carbocycles. The third-order valence-corrected chi connectivity index (χ3v) is 5.38. The van der Waals surface area contributed by atoms with Gasteiger partial charge in [-0.05, 0) is 52.4 Å². The second-order valence-corrected chi connectivity index (χ2v) is 8.00. The average Bonchev–Trinajstić information content (AvgIpc) is 2.69. The van der Waals surface area contributed by atoms with E-state index in [1.807, 2.05) is 0 Å². The van der Waals surface area contributed by atoms with E-state index in [9.17, 15) is 13.5 Å². The first-order valence-corrected chi connectivity index (χ1v) is 10.1. The Morgan fingerprint density at radius 3 is 2.19 bits per heavy atom. The molecule has 27 heavy (non-hydrogen) atoms. The van der Waals surface area contributed by atoms with Crippen LogP contribution in [0.15, 0.2) is 83.8 Å². The smallest absolute Gasteiger partial charge is 0.271 e. The van der Waals surface area contributed by atoms with Crippen LogP contribution < -0.4 is 9.72 Å². The van der Waals surface area contributed by atoms with E-state index < -0.39 is 16.1 Å². The summed E-state index contributed by atoms with van der Waals surface area (Å²) in [6, 6.07) is 21.8. The number of nitrogens with one attached hydrogen (secondary N) is 1. The molecule has 0 spiro atoms. The summed E-state index contributed by atoms with van der Waals surface area (Å²) in [6.07, 6.45) is -0.247. The molecule has 0 aliphatic heterocycles. The Labute approximate surface area is 163 Å². The standard InChI is InChI=1S/C20H18ClNO4S/c21-17-10-8-16(9-11-17)20(23)14-15-6-12-18(13-7-15)26-22-27(24,25)19-4-2-1-3-5-19/h1-13,20,22-23H,14H2. The molecule has 0 saturated carbocycles. The molecular weight excluding hydrogens is 386 g/mol. The summed E-state index contributed by atoms with van der Waals surface area (Å²) in [5.74, 6) is 0.347. The van der Waals surface area contributed by atoms with Crippen molar-refractivity contribution < 1.29 is 18.4 Å². The summed E-state index contributed by atoms with van der Waals surface area (Å²) in [7, 11) is -3.75. The number of halogens is 1. The van der Waals surface area contributed by atoms with Gasteiger partial charge in [-0.3, -0.25) is 0 Å². The van der Waals surface area contributed by atoms with Gasteiger partial charge < -0.3 is 9.94 Å². The van der Waals surface area contributed by atoms with Crippen molar-refractivity contribution in [2.75, 3.05) is 0 Å². The molecule has 0 bridgehead atoms. The van der Waals surface area contributed by atoms with Gasteiger partial charge in [0.1, 0.15) is 5.75 Å². The molecule has 0 amide bonds. The molecule has 2 N–H and O–H groups in total. The first-order valence-electron chi connectivity index (χ1n) is 8.20. The van der Waals surface area contributed by atoms with Crippen LogP contribution in [0, 0.1) is 0 Å². The highest BCUT2D eigenvalue weighted by molar-refractivity contribution is 7.89. The Hall–Kier alpha value is -2.38. The molecule has 3 aromatic rings. The van der Waals surface area contributed by atoms with Gasteiger partial charge in [-0.25, -0.2) is 8.42 Å². The van der Waals surface area contributed by atoms with Gasteiger partial charge in [0.05, 0.1) is 11.0 Å². The molecular formula is C20H18ClNO4S. The molecule has 0 heterocycles. The van der Waals surface area contributed by atoms with Crippen molar-refractivity contribution in [3.05, 3.63) is 95.0 Å². The van der Waals surface area contributed by atoms with E-state index in [1.54, 1.807) is 66.7 Å². The van der Waals surface area contributed by atoms with Crippen molar-refractivity contribution in [3.8, 4) is 5.75 Å². The fourth-order valence-corrected chi connectivity index (χ4v) is 3.41. The van der Waals surface area contributed by atoms with Crippen molar-refractivity contribution in [1.82, 2.24) is 4.89 Å². The van der Waals surface area contributed by atoms with Crippen molar-refractivity contribution in [1.29, 1.82) is 0 Å². The predicted octanol–water partition coefficient (Wildman–Crippen LogP) is 3.89. The zero-order valence-corrected chi connectivity index (χ0v) is 15.8. The molecule has 0 radical (unpaired) electrons. The SMILES string of the molecule is O=S(=O)(NOc1ccc(CC(O)c2ccc(Cl)cc2)cc1)c1ccccc1. The fraction of sp³-hybridized carbons (Fsp3) is 0.100. The summed E-state index contributed by atoms with van der Waals surface area (Å²) in [4.78, 5) is 7.38. The van der Waals surface area contributed by atoms with E-state index in [0.29, 0.717) is 17.2 Å². The molecule has 0 aliphatic rings. The van der Waals surface area contributed by atoms with Gasteiger partial charge in [0.25, 0.3) is 10.0 Å². The van der Waals surface area contributed by atoms with Gasteiger partial charge in [-0.2, -0.15) is 0 Å². The number of sulfonamides is 1. The molecule has 140 valence electrons. The molecule has 5 nitrogen and oxygen atoms in total. The Morgan fingerprint density at radius 1 is 0.926 bits per heavy atom. The van der Waals surface area contributed by atoms with Crippen LogP contribution in [-0.4, -0.2) is 13.5 Å². The molecule has 0 fully saturated rings. The second-order valence-electron chi connectivity index (χ2n) is 5.92. The third-order valence-electron chi connectivity index (χ3n) is 3.93. The van der Waals surface area contributed by atoms with E-state index in [4.69, 9.17) is 16.4 Å². The minimum absolute atomic E-state index is 0.118. The van der Waals surface area contributed by atoms with E-state index in [0.717, 1.165) is 11.1 Å². The quantitative estimate of drug-likeness (QED) is 0.587. The van der Waals surface area contributed by atoms with Gasteiger partial charge in [-0.1, -0.05) is 54.1 Å². The van der Waals surface area contributed by atoms with E-state index >= 15 is 0 Å². The lowest BCUT2D eigenvalue weighted by atomic mass is 10.0. The third kappa shape index (κ3) is 5.30. The molecule has 0 aromatic heterocycles. The van der Waals surface area contributed by atoms with E-state index in [1.165, 1.54) is 12.1 Å². The minimum Gasteiger partial charge on any atom is -0.394 e. The Kier molecular flexibility index (Phi) is 6.13. The minimum atomic E-state index is -3.75. The lowest BCUT2D eigenvalue weighted by Crippen LogP contribution is -2.27. The first kappa shape index (κ1) is 19.4. The second kappa shape index (κ2) is 8.54. The Balaban J connectivity index is 1.59. The van der Waals surface area contributed by atoms with Crippen LogP contribution in [0.25, 0.3) is 0 Å². The fourth-order valence-electron chi connectivity index (χ4n) is 2.47. The van der Waals surface area contributed by atoms with Crippen LogP contribution in [0.2, 0.25) is 5.02 Å². The summed E-state index contributed by atoms with van der Waals surface area (Å²) in [5.41, 5.74) is 1.66. The number of hydrogen-bond donors (Lipinski definition) is 2. The zero-order chi connectivity index (χ0) is 19.3. The maximum atomic E-state index is 12.1. The van der Waals surface area contributed by atoms with Crippen LogP contribution >= 0.6 is 11.6 Å². The highest BCUT2D eigenvalue weighted by atomic mass is 35.5. The number of benzene rings is 3. The molecule has 0 saturated heterocycles. The average molecular weight is 404 g/mol. The largest absolute Gasteiger partial charge is 0.394 e. The number of hydrogen-bond acceptors (Lipinski definition) is 4. The van der Waals surface area contributed by atoms with Crippen LogP contribution in [0.3, 0.4) is 0 Å². The van der Waals surface area contributed by atoms with Gasteiger partial charge in [-0.15, -0.1) is 0 Å². The Morgan fingerprint density at radius 2 is 1.56 bits per heavy atom. The van der Waals surface area contributed by atoms with Crippen LogP contribution in [0.4, 0.5) is 0 Å².